The van der Waals surface area contributed by atoms with E-state index in [9.17, 15) is 0 Å². The molecule has 0 atom stereocenters. The van der Waals surface area contributed by atoms with Gasteiger partial charge < -0.3 is 4.74 Å². The maximum atomic E-state index is 6.31. The number of aromatic amines is 1. The minimum Gasteiger partial charge on any atom is -0.488 e. The van der Waals surface area contributed by atoms with E-state index in [0.29, 0.717) is 12.4 Å². The van der Waals surface area contributed by atoms with E-state index in [1.54, 1.807) is 0 Å². The fourth-order valence-electron chi connectivity index (χ4n) is 4.11. The van der Waals surface area contributed by atoms with Crippen molar-refractivity contribution in [2.24, 2.45) is 0 Å². The zero-order valence-electron chi connectivity index (χ0n) is 19.6. The van der Waals surface area contributed by atoms with Crippen LogP contribution >= 0.6 is 12.4 Å². The van der Waals surface area contributed by atoms with Gasteiger partial charge in [-0.1, -0.05) is 78.9 Å². The van der Waals surface area contributed by atoms with Crippen LogP contribution in [0.15, 0.2) is 84.9 Å². The minimum atomic E-state index is 0. The quantitative estimate of drug-likeness (QED) is 0.301. The number of halogens is 1. The number of aromatic nitrogens is 5. The van der Waals surface area contributed by atoms with E-state index >= 15 is 0 Å². The standard InChI is InChI=1S/C28H25N5O.ClH/c1-19-16-27(26(20(2)29-19)17-21-8-4-3-5-9-21)34-18-22-12-14-23(15-13-22)24-10-6-7-11-25(24)28-30-32-33-31-28;/h3-16H,17-18H2,1-2H3,(H,30,31,32,33);1H. The molecule has 0 aliphatic rings. The first-order chi connectivity index (χ1) is 16.7. The Morgan fingerprint density at radius 3 is 2.23 bits per heavy atom. The SMILES string of the molecule is Cc1cc(OCc2ccc(-c3ccccc3-c3nn[nH]n3)cc2)c(Cc2ccccc2)c(C)n1.Cl. The Balaban J connectivity index is 0.00000289. The molecule has 2 heterocycles. The van der Waals surface area contributed by atoms with Gasteiger partial charge in [0.25, 0.3) is 0 Å². The van der Waals surface area contributed by atoms with Gasteiger partial charge in [-0.3, -0.25) is 4.98 Å². The van der Waals surface area contributed by atoms with Gasteiger partial charge in [0.05, 0.1) is 0 Å². The number of rotatable bonds is 7. The molecule has 0 fully saturated rings. The van der Waals surface area contributed by atoms with E-state index in [1.165, 1.54) is 5.56 Å². The number of nitrogens with zero attached hydrogens (tertiary/aromatic N) is 4. The van der Waals surface area contributed by atoms with Crippen LogP contribution in [0.4, 0.5) is 0 Å². The predicted molar refractivity (Wildman–Crippen MR) is 140 cm³/mol. The molecule has 3 aromatic carbocycles. The van der Waals surface area contributed by atoms with Gasteiger partial charge in [0.2, 0.25) is 5.82 Å². The van der Waals surface area contributed by atoms with Crippen molar-refractivity contribution < 1.29 is 4.74 Å². The van der Waals surface area contributed by atoms with Crippen LogP contribution in [0.2, 0.25) is 0 Å². The molecule has 0 aliphatic carbocycles. The monoisotopic (exact) mass is 483 g/mol. The Morgan fingerprint density at radius 1 is 0.800 bits per heavy atom. The molecule has 0 spiro atoms. The number of hydrogen-bond acceptors (Lipinski definition) is 5. The molecule has 5 rings (SSSR count). The second-order valence-corrected chi connectivity index (χ2v) is 8.25. The smallest absolute Gasteiger partial charge is 0.205 e. The van der Waals surface area contributed by atoms with Gasteiger partial charge in [0, 0.05) is 35.0 Å². The van der Waals surface area contributed by atoms with Crippen LogP contribution in [-0.2, 0) is 13.0 Å². The summed E-state index contributed by atoms with van der Waals surface area (Å²) < 4.78 is 6.31. The summed E-state index contributed by atoms with van der Waals surface area (Å²) >= 11 is 0. The molecular formula is C28H26ClN5O. The molecule has 0 radical (unpaired) electrons. The lowest BCUT2D eigenvalue weighted by Gasteiger charge is -2.15. The van der Waals surface area contributed by atoms with Crippen molar-refractivity contribution in [3.8, 4) is 28.3 Å². The van der Waals surface area contributed by atoms with E-state index in [2.05, 4.69) is 80.2 Å². The summed E-state index contributed by atoms with van der Waals surface area (Å²) in [5.74, 6) is 1.47. The Labute approximate surface area is 210 Å². The molecule has 6 nitrogen and oxygen atoms in total. The third-order valence-corrected chi connectivity index (χ3v) is 5.81. The predicted octanol–water partition coefficient (Wildman–Crippen LogP) is 6.14. The van der Waals surface area contributed by atoms with Crippen molar-refractivity contribution in [1.82, 2.24) is 25.6 Å². The number of tetrazole rings is 1. The van der Waals surface area contributed by atoms with E-state index in [0.717, 1.165) is 51.4 Å². The highest BCUT2D eigenvalue weighted by atomic mass is 35.5. The largest absolute Gasteiger partial charge is 0.488 e. The van der Waals surface area contributed by atoms with Crippen LogP contribution in [0, 0.1) is 13.8 Å². The van der Waals surface area contributed by atoms with Crippen molar-refractivity contribution in [1.29, 1.82) is 0 Å². The topological polar surface area (TPSA) is 76.6 Å². The number of pyridine rings is 1. The first-order valence-corrected chi connectivity index (χ1v) is 11.2. The lowest BCUT2D eigenvalue weighted by molar-refractivity contribution is 0.302. The van der Waals surface area contributed by atoms with Crippen molar-refractivity contribution >= 4 is 12.4 Å². The lowest BCUT2D eigenvalue weighted by Crippen LogP contribution is -2.04. The number of nitrogens with one attached hydrogen (secondary N) is 1. The number of aryl methyl sites for hydroxylation is 2. The highest BCUT2D eigenvalue weighted by Gasteiger charge is 2.13. The van der Waals surface area contributed by atoms with Crippen LogP contribution in [0.5, 0.6) is 5.75 Å². The third-order valence-electron chi connectivity index (χ3n) is 5.81. The number of benzene rings is 3. The molecule has 5 aromatic rings. The van der Waals surface area contributed by atoms with Crippen molar-refractivity contribution in [2.45, 2.75) is 26.9 Å². The van der Waals surface area contributed by atoms with Gasteiger partial charge in [0.1, 0.15) is 12.4 Å². The Morgan fingerprint density at radius 2 is 1.51 bits per heavy atom. The molecule has 0 amide bonds. The van der Waals surface area contributed by atoms with Crippen LogP contribution < -0.4 is 4.74 Å². The third kappa shape index (κ3) is 5.55. The number of hydrogen-bond donors (Lipinski definition) is 1. The van der Waals surface area contributed by atoms with Crippen molar-refractivity contribution in [3.63, 3.8) is 0 Å². The summed E-state index contributed by atoms with van der Waals surface area (Å²) in [6, 6.07) is 28.9. The molecule has 35 heavy (non-hydrogen) atoms. The zero-order valence-corrected chi connectivity index (χ0v) is 20.4. The van der Waals surface area contributed by atoms with Gasteiger partial charge in [0.15, 0.2) is 0 Å². The molecular weight excluding hydrogens is 458 g/mol. The summed E-state index contributed by atoms with van der Waals surface area (Å²) in [5, 5.41) is 14.5. The molecule has 2 aromatic heterocycles. The van der Waals surface area contributed by atoms with Gasteiger partial charge in [-0.15, -0.1) is 22.6 Å². The Hall–Kier alpha value is -4.03. The number of ether oxygens (including phenoxy) is 1. The summed E-state index contributed by atoms with van der Waals surface area (Å²) in [6.45, 7) is 4.54. The van der Waals surface area contributed by atoms with Gasteiger partial charge in [-0.2, -0.15) is 5.21 Å². The van der Waals surface area contributed by atoms with E-state index in [-0.39, 0.29) is 12.4 Å². The maximum absolute atomic E-state index is 6.31. The molecule has 0 bridgehead atoms. The lowest BCUT2D eigenvalue weighted by atomic mass is 9.98. The molecule has 0 aliphatic heterocycles. The normalized spacial score (nSPS) is 10.6. The van der Waals surface area contributed by atoms with Crippen LogP contribution in [0.25, 0.3) is 22.5 Å². The zero-order chi connectivity index (χ0) is 23.3. The fourth-order valence-corrected chi connectivity index (χ4v) is 4.11. The molecule has 0 saturated heterocycles. The average Bonchev–Trinajstić information content (AvgIpc) is 3.41. The molecule has 7 heteroatoms. The van der Waals surface area contributed by atoms with Crippen LogP contribution in [0.1, 0.15) is 28.1 Å². The number of H-pyrrole nitrogens is 1. The van der Waals surface area contributed by atoms with Crippen molar-refractivity contribution in [2.75, 3.05) is 0 Å². The highest BCUT2D eigenvalue weighted by Crippen LogP contribution is 2.30. The van der Waals surface area contributed by atoms with Crippen molar-refractivity contribution in [3.05, 3.63) is 113 Å². The van der Waals surface area contributed by atoms with Crippen LogP contribution in [0.3, 0.4) is 0 Å². The average molecular weight is 484 g/mol. The van der Waals surface area contributed by atoms with E-state index in [4.69, 9.17) is 4.74 Å². The molecule has 1 N–H and O–H groups in total. The second-order valence-electron chi connectivity index (χ2n) is 8.25. The summed E-state index contributed by atoms with van der Waals surface area (Å²) in [6.07, 6.45) is 0.793. The molecule has 176 valence electrons. The Kier molecular flexibility index (Phi) is 7.53. The first-order valence-electron chi connectivity index (χ1n) is 11.2. The highest BCUT2D eigenvalue weighted by molar-refractivity contribution is 5.85. The summed E-state index contributed by atoms with van der Waals surface area (Å²) in [7, 11) is 0. The minimum absolute atomic E-state index is 0. The molecule has 0 saturated carbocycles. The van der Waals surface area contributed by atoms with Gasteiger partial charge in [-0.25, -0.2) is 0 Å². The Bertz CT molecular complexity index is 1390. The first kappa shape index (κ1) is 24.1. The maximum Gasteiger partial charge on any atom is 0.205 e. The van der Waals surface area contributed by atoms with E-state index < -0.39 is 0 Å². The second kappa shape index (κ2) is 10.9. The summed E-state index contributed by atoms with van der Waals surface area (Å²) in [4.78, 5) is 4.66. The van der Waals surface area contributed by atoms with E-state index in [1.807, 2.05) is 44.2 Å². The fraction of sp³-hybridized carbons (Fsp3) is 0.143. The van der Waals surface area contributed by atoms with Gasteiger partial charge >= 0.3 is 0 Å². The van der Waals surface area contributed by atoms with Gasteiger partial charge in [-0.05, 0) is 41.3 Å². The molecule has 0 unspecified atom stereocenters. The van der Waals surface area contributed by atoms with Crippen LogP contribution in [-0.4, -0.2) is 25.6 Å². The summed E-state index contributed by atoms with van der Waals surface area (Å²) in [5.41, 5.74) is 8.51.